The number of aromatic nitrogens is 1. The molecule has 3 heterocycles. The molecule has 114 valence electrons. The minimum Gasteiger partial charge on any atom is -0.358 e. The maximum atomic E-state index is 12.7. The van der Waals surface area contributed by atoms with Crippen molar-refractivity contribution in [1.29, 1.82) is 0 Å². The average molecular weight is 332 g/mol. The van der Waals surface area contributed by atoms with E-state index in [0.717, 1.165) is 22.9 Å². The molecular formula is C16H16N2O2S2. The van der Waals surface area contributed by atoms with Crippen LogP contribution < -0.4 is 0 Å². The highest BCUT2D eigenvalue weighted by Crippen LogP contribution is 2.31. The Kier molecular flexibility index (Phi) is 3.14. The summed E-state index contributed by atoms with van der Waals surface area (Å²) in [5, 5.41) is 2.94. The molecule has 1 N–H and O–H groups in total. The number of sulfonamides is 1. The first-order chi connectivity index (χ1) is 10.6. The first kappa shape index (κ1) is 14.0. The number of hydrogen-bond donors (Lipinski definition) is 1. The van der Waals surface area contributed by atoms with Gasteiger partial charge in [-0.05, 0) is 36.1 Å². The number of benzene rings is 1. The lowest BCUT2D eigenvalue weighted by Crippen LogP contribution is -2.35. The first-order valence-electron chi connectivity index (χ1n) is 7.19. The normalized spacial score (nSPS) is 16.0. The summed E-state index contributed by atoms with van der Waals surface area (Å²) in [5.74, 6) is 0. The molecule has 1 aromatic carbocycles. The van der Waals surface area contributed by atoms with Crippen LogP contribution in [0.25, 0.3) is 10.9 Å². The Morgan fingerprint density at radius 3 is 2.91 bits per heavy atom. The molecule has 4 rings (SSSR count). The van der Waals surface area contributed by atoms with Gasteiger partial charge in [-0.2, -0.15) is 4.31 Å². The second kappa shape index (κ2) is 4.94. The standard InChI is InChI=1S/C16H16N2O2S2/c1-11-4-5-14-12(9-11)13-10-18(7-6-15(13)17-14)22(19,20)16-3-2-8-21-16/h2-5,8-9,17H,6-7,10H2,1H3. The van der Waals surface area contributed by atoms with Crippen molar-refractivity contribution in [1.82, 2.24) is 9.29 Å². The molecule has 1 aliphatic rings. The van der Waals surface area contributed by atoms with Crippen LogP contribution in [-0.2, 0) is 23.0 Å². The van der Waals surface area contributed by atoms with Crippen molar-refractivity contribution in [3.8, 4) is 0 Å². The molecule has 0 radical (unpaired) electrons. The van der Waals surface area contributed by atoms with Gasteiger partial charge in [0, 0.05) is 36.1 Å². The first-order valence-corrected chi connectivity index (χ1v) is 9.51. The quantitative estimate of drug-likeness (QED) is 0.783. The minimum atomic E-state index is -3.38. The lowest BCUT2D eigenvalue weighted by atomic mass is 10.0. The summed E-state index contributed by atoms with van der Waals surface area (Å²) in [4.78, 5) is 3.43. The predicted molar refractivity (Wildman–Crippen MR) is 88.7 cm³/mol. The summed E-state index contributed by atoms with van der Waals surface area (Å²) in [6.45, 7) is 3.03. The van der Waals surface area contributed by atoms with E-state index in [1.807, 2.05) is 0 Å². The van der Waals surface area contributed by atoms with Crippen LogP contribution in [0.2, 0.25) is 0 Å². The molecule has 2 aromatic heterocycles. The maximum absolute atomic E-state index is 12.7. The maximum Gasteiger partial charge on any atom is 0.252 e. The number of H-pyrrole nitrogens is 1. The zero-order chi connectivity index (χ0) is 15.3. The Labute approximate surface area is 133 Å². The third kappa shape index (κ3) is 2.10. The van der Waals surface area contributed by atoms with Crippen LogP contribution in [0.1, 0.15) is 16.8 Å². The fraction of sp³-hybridized carbons (Fsp3) is 0.250. The zero-order valence-corrected chi connectivity index (χ0v) is 13.8. The van der Waals surface area contributed by atoms with Gasteiger partial charge in [-0.25, -0.2) is 8.42 Å². The van der Waals surface area contributed by atoms with Gasteiger partial charge < -0.3 is 4.98 Å². The summed E-state index contributed by atoms with van der Waals surface area (Å²) < 4.78 is 27.4. The molecule has 0 saturated heterocycles. The third-order valence-electron chi connectivity index (χ3n) is 4.18. The summed E-state index contributed by atoms with van der Waals surface area (Å²) in [6, 6.07) is 9.73. The highest BCUT2D eigenvalue weighted by Gasteiger charge is 2.30. The Balaban J connectivity index is 1.78. The topological polar surface area (TPSA) is 53.2 Å². The van der Waals surface area contributed by atoms with E-state index in [4.69, 9.17) is 0 Å². The number of hydrogen-bond acceptors (Lipinski definition) is 3. The molecule has 0 unspecified atom stereocenters. The van der Waals surface area contributed by atoms with E-state index in [2.05, 4.69) is 30.1 Å². The molecule has 6 heteroatoms. The van der Waals surface area contributed by atoms with Crippen molar-refractivity contribution in [2.24, 2.45) is 0 Å². The number of fused-ring (bicyclic) bond motifs is 3. The number of thiophene rings is 1. The van der Waals surface area contributed by atoms with Gasteiger partial charge in [-0.15, -0.1) is 11.3 Å². The van der Waals surface area contributed by atoms with Crippen molar-refractivity contribution in [2.75, 3.05) is 6.54 Å². The van der Waals surface area contributed by atoms with Gasteiger partial charge >= 0.3 is 0 Å². The highest BCUT2D eigenvalue weighted by atomic mass is 32.2. The number of aryl methyl sites for hydroxylation is 1. The van der Waals surface area contributed by atoms with Crippen LogP contribution in [0.4, 0.5) is 0 Å². The van der Waals surface area contributed by atoms with Crippen LogP contribution in [0, 0.1) is 6.92 Å². The molecule has 0 bridgehead atoms. The second-order valence-electron chi connectivity index (χ2n) is 5.65. The van der Waals surface area contributed by atoms with Gasteiger partial charge in [-0.1, -0.05) is 17.7 Å². The van der Waals surface area contributed by atoms with Crippen molar-refractivity contribution in [3.63, 3.8) is 0 Å². The van der Waals surface area contributed by atoms with Gasteiger partial charge in [0.25, 0.3) is 10.0 Å². The molecule has 0 atom stereocenters. The highest BCUT2D eigenvalue weighted by molar-refractivity contribution is 7.91. The van der Waals surface area contributed by atoms with E-state index in [9.17, 15) is 8.42 Å². The monoisotopic (exact) mass is 332 g/mol. The molecule has 0 fully saturated rings. The van der Waals surface area contributed by atoms with Gasteiger partial charge in [0.2, 0.25) is 0 Å². The SMILES string of the molecule is Cc1ccc2[nH]c3c(c2c1)CN(S(=O)(=O)c1cccs1)CC3. The molecule has 1 aliphatic heterocycles. The summed E-state index contributed by atoms with van der Waals surface area (Å²) in [5.41, 5.74) is 4.56. The van der Waals surface area contributed by atoms with Gasteiger partial charge in [-0.3, -0.25) is 0 Å². The number of nitrogens with zero attached hydrogens (tertiary/aromatic N) is 1. The summed E-state index contributed by atoms with van der Waals surface area (Å²) in [7, 11) is -3.38. The molecule has 4 nitrogen and oxygen atoms in total. The molecule has 0 amide bonds. The minimum absolute atomic E-state index is 0.423. The molecule has 0 aliphatic carbocycles. The smallest absolute Gasteiger partial charge is 0.252 e. The van der Waals surface area contributed by atoms with Crippen molar-refractivity contribution >= 4 is 32.3 Å². The lowest BCUT2D eigenvalue weighted by molar-refractivity contribution is 0.392. The van der Waals surface area contributed by atoms with E-state index >= 15 is 0 Å². The van der Waals surface area contributed by atoms with Crippen LogP contribution in [0.15, 0.2) is 39.9 Å². The van der Waals surface area contributed by atoms with Crippen LogP contribution in [0.3, 0.4) is 0 Å². The Hall–Kier alpha value is -1.63. The Morgan fingerprint density at radius 2 is 2.14 bits per heavy atom. The average Bonchev–Trinajstić information content (AvgIpc) is 3.14. The number of nitrogens with one attached hydrogen (secondary N) is 1. The fourth-order valence-electron chi connectivity index (χ4n) is 3.05. The largest absolute Gasteiger partial charge is 0.358 e. The Morgan fingerprint density at radius 1 is 1.27 bits per heavy atom. The lowest BCUT2D eigenvalue weighted by Gasteiger charge is -2.25. The van der Waals surface area contributed by atoms with Crippen molar-refractivity contribution in [3.05, 3.63) is 52.5 Å². The van der Waals surface area contributed by atoms with E-state index in [1.165, 1.54) is 22.6 Å². The number of aromatic amines is 1. The van der Waals surface area contributed by atoms with Crippen LogP contribution in [0.5, 0.6) is 0 Å². The molecule has 3 aromatic rings. The molecule has 0 saturated carbocycles. The van der Waals surface area contributed by atoms with E-state index < -0.39 is 10.0 Å². The van der Waals surface area contributed by atoms with Crippen LogP contribution >= 0.6 is 11.3 Å². The zero-order valence-electron chi connectivity index (χ0n) is 12.2. The third-order valence-corrected chi connectivity index (χ3v) is 7.40. The van der Waals surface area contributed by atoms with Crippen LogP contribution in [-0.4, -0.2) is 24.3 Å². The van der Waals surface area contributed by atoms with Crippen molar-refractivity contribution < 1.29 is 8.42 Å². The van der Waals surface area contributed by atoms with Gasteiger partial charge in [0.1, 0.15) is 4.21 Å². The van der Waals surface area contributed by atoms with Gasteiger partial charge in [0.05, 0.1) is 0 Å². The van der Waals surface area contributed by atoms with E-state index in [-0.39, 0.29) is 0 Å². The summed E-state index contributed by atoms with van der Waals surface area (Å²) in [6.07, 6.45) is 0.730. The Bertz CT molecular complexity index is 940. The van der Waals surface area contributed by atoms with E-state index in [1.54, 1.807) is 21.8 Å². The summed E-state index contributed by atoms with van der Waals surface area (Å²) >= 11 is 1.28. The molecule has 0 spiro atoms. The predicted octanol–water partition coefficient (Wildman–Crippen LogP) is 3.28. The van der Waals surface area contributed by atoms with Gasteiger partial charge in [0.15, 0.2) is 0 Å². The molecule has 22 heavy (non-hydrogen) atoms. The molecular weight excluding hydrogens is 316 g/mol. The van der Waals surface area contributed by atoms with E-state index in [0.29, 0.717) is 17.3 Å². The number of rotatable bonds is 2. The van der Waals surface area contributed by atoms with Crippen molar-refractivity contribution in [2.45, 2.75) is 24.1 Å². The fourth-order valence-corrected chi connectivity index (χ4v) is 5.60. The second-order valence-corrected chi connectivity index (χ2v) is 8.76.